The molecular weight excluding hydrogens is 246 g/mol. The summed E-state index contributed by atoms with van der Waals surface area (Å²) in [6.45, 7) is 10.9. The predicted octanol–water partition coefficient (Wildman–Crippen LogP) is 4.31. The van der Waals surface area contributed by atoms with Gasteiger partial charge in [0.1, 0.15) is 5.75 Å². The van der Waals surface area contributed by atoms with Gasteiger partial charge >= 0.3 is 0 Å². The van der Waals surface area contributed by atoms with E-state index in [1.807, 2.05) is 0 Å². The van der Waals surface area contributed by atoms with Crippen LogP contribution in [0.5, 0.6) is 5.75 Å². The number of aryl methyl sites for hydroxylation is 1. The molecule has 2 heteroatoms. The first-order valence-electron chi connectivity index (χ1n) is 8.06. The summed E-state index contributed by atoms with van der Waals surface area (Å²) in [6, 6.07) is 6.46. The van der Waals surface area contributed by atoms with Gasteiger partial charge in [0.15, 0.2) is 0 Å². The zero-order valence-electron chi connectivity index (χ0n) is 13.4. The van der Waals surface area contributed by atoms with Gasteiger partial charge in [-0.2, -0.15) is 0 Å². The minimum Gasteiger partial charge on any atom is -0.490 e. The maximum atomic E-state index is 6.42. The second-order valence-electron chi connectivity index (χ2n) is 6.50. The van der Waals surface area contributed by atoms with E-state index in [1.165, 1.54) is 30.4 Å². The fraction of sp³-hybridized carbons (Fsp3) is 0.667. The zero-order valence-corrected chi connectivity index (χ0v) is 13.4. The van der Waals surface area contributed by atoms with E-state index in [9.17, 15) is 0 Å². The predicted molar refractivity (Wildman–Crippen MR) is 85.2 cm³/mol. The Balaban J connectivity index is 2.11. The Bertz CT molecular complexity index is 419. The summed E-state index contributed by atoms with van der Waals surface area (Å²) in [5.74, 6) is 2.68. The van der Waals surface area contributed by atoms with Gasteiger partial charge in [0.2, 0.25) is 0 Å². The molecule has 0 bridgehead atoms. The molecule has 0 aromatic heterocycles. The van der Waals surface area contributed by atoms with Crippen LogP contribution in [-0.2, 0) is 6.54 Å². The summed E-state index contributed by atoms with van der Waals surface area (Å²) in [5.41, 5.74) is 2.55. The number of para-hydroxylation sites is 1. The number of hydrogen-bond acceptors (Lipinski definition) is 2. The molecule has 2 unspecified atom stereocenters. The monoisotopic (exact) mass is 275 g/mol. The normalized spacial score (nSPS) is 26.5. The van der Waals surface area contributed by atoms with E-state index >= 15 is 0 Å². The highest BCUT2D eigenvalue weighted by molar-refractivity contribution is 5.41. The number of hydrogen-bond donors (Lipinski definition) is 1. The zero-order chi connectivity index (χ0) is 14.5. The third kappa shape index (κ3) is 3.99. The summed E-state index contributed by atoms with van der Waals surface area (Å²) in [4.78, 5) is 0. The van der Waals surface area contributed by atoms with Gasteiger partial charge in [0.05, 0.1) is 6.10 Å². The molecule has 1 fully saturated rings. The Hall–Kier alpha value is -1.02. The molecule has 0 heterocycles. The second kappa shape index (κ2) is 7.12. The molecule has 2 rings (SSSR count). The first-order chi connectivity index (χ1) is 9.60. The molecule has 0 aliphatic heterocycles. The lowest BCUT2D eigenvalue weighted by atomic mass is 9.82. The molecule has 1 aliphatic rings. The average molecular weight is 275 g/mol. The van der Waals surface area contributed by atoms with E-state index < -0.39 is 0 Å². The first-order valence-corrected chi connectivity index (χ1v) is 8.06. The van der Waals surface area contributed by atoms with Crippen LogP contribution >= 0.6 is 0 Å². The Labute approximate surface area is 123 Å². The van der Waals surface area contributed by atoms with E-state index in [2.05, 4.69) is 51.2 Å². The van der Waals surface area contributed by atoms with E-state index in [0.717, 1.165) is 30.7 Å². The van der Waals surface area contributed by atoms with Crippen molar-refractivity contribution in [1.29, 1.82) is 0 Å². The Morgan fingerprint density at radius 2 is 1.85 bits per heavy atom. The van der Waals surface area contributed by atoms with Crippen LogP contribution in [0.1, 0.15) is 51.2 Å². The smallest absolute Gasteiger partial charge is 0.127 e. The van der Waals surface area contributed by atoms with Crippen molar-refractivity contribution in [3.05, 3.63) is 29.3 Å². The number of rotatable bonds is 5. The SMILES string of the molecule is CCNCc1cccc(C)c1OC1CC(C)CC(C)C1. The molecule has 1 aliphatic carbocycles. The molecule has 0 saturated heterocycles. The maximum absolute atomic E-state index is 6.42. The second-order valence-corrected chi connectivity index (χ2v) is 6.50. The van der Waals surface area contributed by atoms with E-state index in [0.29, 0.717) is 6.10 Å². The summed E-state index contributed by atoms with van der Waals surface area (Å²) in [7, 11) is 0. The van der Waals surface area contributed by atoms with Gasteiger partial charge in [-0.05, 0) is 50.1 Å². The van der Waals surface area contributed by atoms with Crippen LogP contribution < -0.4 is 10.1 Å². The van der Waals surface area contributed by atoms with Gasteiger partial charge in [-0.25, -0.2) is 0 Å². The number of benzene rings is 1. The van der Waals surface area contributed by atoms with Crippen LogP contribution in [0.4, 0.5) is 0 Å². The third-order valence-corrected chi connectivity index (χ3v) is 4.28. The summed E-state index contributed by atoms with van der Waals surface area (Å²) in [5, 5.41) is 3.41. The Morgan fingerprint density at radius 1 is 1.15 bits per heavy atom. The molecule has 0 spiro atoms. The molecular formula is C18H29NO. The number of ether oxygens (including phenoxy) is 1. The molecule has 1 aromatic carbocycles. The van der Waals surface area contributed by atoms with Crippen LogP contribution in [0.25, 0.3) is 0 Å². The van der Waals surface area contributed by atoms with Gasteiger partial charge < -0.3 is 10.1 Å². The minimum atomic E-state index is 0.384. The highest BCUT2D eigenvalue weighted by Gasteiger charge is 2.26. The lowest BCUT2D eigenvalue weighted by molar-refractivity contribution is 0.0993. The van der Waals surface area contributed by atoms with Gasteiger partial charge in [-0.15, -0.1) is 0 Å². The summed E-state index contributed by atoms with van der Waals surface area (Å²) in [6.07, 6.45) is 4.12. The Morgan fingerprint density at radius 3 is 2.50 bits per heavy atom. The lowest BCUT2D eigenvalue weighted by Crippen LogP contribution is -2.29. The average Bonchev–Trinajstić information content (AvgIpc) is 2.38. The van der Waals surface area contributed by atoms with Gasteiger partial charge in [0, 0.05) is 12.1 Å². The van der Waals surface area contributed by atoms with Crippen molar-refractivity contribution in [3.8, 4) is 5.75 Å². The maximum Gasteiger partial charge on any atom is 0.127 e. The van der Waals surface area contributed by atoms with E-state index in [4.69, 9.17) is 4.74 Å². The molecule has 1 N–H and O–H groups in total. The van der Waals surface area contributed by atoms with Crippen molar-refractivity contribution in [2.75, 3.05) is 6.54 Å². The van der Waals surface area contributed by atoms with Gasteiger partial charge in [-0.3, -0.25) is 0 Å². The van der Waals surface area contributed by atoms with Crippen LogP contribution in [0.2, 0.25) is 0 Å². The van der Waals surface area contributed by atoms with Crippen molar-refractivity contribution in [3.63, 3.8) is 0 Å². The molecule has 0 radical (unpaired) electrons. The van der Waals surface area contributed by atoms with Crippen molar-refractivity contribution < 1.29 is 4.74 Å². The molecule has 2 nitrogen and oxygen atoms in total. The molecule has 2 atom stereocenters. The van der Waals surface area contributed by atoms with Crippen LogP contribution in [0.15, 0.2) is 18.2 Å². The lowest BCUT2D eigenvalue weighted by Gasteiger charge is -2.32. The Kier molecular flexibility index (Phi) is 5.47. The number of nitrogens with one attached hydrogen (secondary N) is 1. The molecule has 1 saturated carbocycles. The molecule has 1 aromatic rings. The first kappa shape index (κ1) is 15.4. The largest absolute Gasteiger partial charge is 0.490 e. The van der Waals surface area contributed by atoms with Gasteiger partial charge in [-0.1, -0.05) is 39.0 Å². The summed E-state index contributed by atoms with van der Waals surface area (Å²) >= 11 is 0. The minimum absolute atomic E-state index is 0.384. The van der Waals surface area contributed by atoms with E-state index in [-0.39, 0.29) is 0 Å². The van der Waals surface area contributed by atoms with E-state index in [1.54, 1.807) is 0 Å². The van der Waals surface area contributed by atoms with Gasteiger partial charge in [0.25, 0.3) is 0 Å². The van der Waals surface area contributed by atoms with Crippen LogP contribution in [-0.4, -0.2) is 12.6 Å². The quantitative estimate of drug-likeness (QED) is 0.864. The van der Waals surface area contributed by atoms with Crippen molar-refractivity contribution in [1.82, 2.24) is 5.32 Å². The topological polar surface area (TPSA) is 21.3 Å². The standard InChI is InChI=1S/C18H29NO/c1-5-19-12-16-8-6-7-15(4)18(16)20-17-10-13(2)9-14(3)11-17/h6-8,13-14,17,19H,5,9-12H2,1-4H3. The molecule has 0 amide bonds. The van der Waals surface area contributed by atoms with Crippen LogP contribution in [0, 0.1) is 18.8 Å². The summed E-state index contributed by atoms with van der Waals surface area (Å²) < 4.78 is 6.42. The van der Waals surface area contributed by atoms with Crippen molar-refractivity contribution in [2.45, 2.75) is 59.6 Å². The van der Waals surface area contributed by atoms with Crippen molar-refractivity contribution in [2.24, 2.45) is 11.8 Å². The molecule has 20 heavy (non-hydrogen) atoms. The highest BCUT2D eigenvalue weighted by atomic mass is 16.5. The fourth-order valence-electron chi connectivity index (χ4n) is 3.42. The fourth-order valence-corrected chi connectivity index (χ4v) is 3.42. The van der Waals surface area contributed by atoms with Crippen LogP contribution in [0.3, 0.4) is 0 Å². The third-order valence-electron chi connectivity index (χ3n) is 4.28. The highest BCUT2D eigenvalue weighted by Crippen LogP contribution is 2.33. The molecule has 112 valence electrons. The van der Waals surface area contributed by atoms with Crippen molar-refractivity contribution >= 4 is 0 Å².